The molecule has 5 amide bonds. The van der Waals surface area contributed by atoms with Gasteiger partial charge in [0.1, 0.15) is 35.7 Å². The average Bonchev–Trinajstić information content (AvgIpc) is 3.05. The number of benzene rings is 2. The van der Waals surface area contributed by atoms with E-state index in [2.05, 4.69) is 26.6 Å². The van der Waals surface area contributed by atoms with Gasteiger partial charge in [-0.1, -0.05) is 57.4 Å². The predicted molar refractivity (Wildman–Crippen MR) is 171 cm³/mol. The molecule has 1 fully saturated rings. The first-order valence-electron chi connectivity index (χ1n) is 15.9. The lowest BCUT2D eigenvalue weighted by Crippen LogP contribution is -2.64. The van der Waals surface area contributed by atoms with Gasteiger partial charge in [0.15, 0.2) is 0 Å². The van der Waals surface area contributed by atoms with E-state index in [4.69, 9.17) is 9.47 Å². The summed E-state index contributed by atoms with van der Waals surface area (Å²) in [5, 5.41) is 14.2. The van der Waals surface area contributed by atoms with Gasteiger partial charge in [-0.25, -0.2) is 0 Å². The van der Waals surface area contributed by atoms with Crippen molar-refractivity contribution in [2.75, 3.05) is 26.8 Å². The van der Waals surface area contributed by atoms with E-state index < -0.39 is 47.7 Å². The van der Waals surface area contributed by atoms with E-state index >= 15 is 0 Å². The van der Waals surface area contributed by atoms with Crippen LogP contribution in [-0.2, 0) is 25.6 Å². The maximum Gasteiger partial charge on any atom is 0.255 e. The smallest absolute Gasteiger partial charge is 0.255 e. The van der Waals surface area contributed by atoms with Crippen LogP contribution in [0.2, 0.25) is 0 Å². The third kappa shape index (κ3) is 8.98. The molecule has 5 N–H and O–H groups in total. The van der Waals surface area contributed by atoms with E-state index in [-0.39, 0.29) is 42.8 Å². The molecule has 46 heavy (non-hydrogen) atoms. The van der Waals surface area contributed by atoms with Crippen LogP contribution in [0.25, 0.3) is 0 Å². The predicted octanol–water partition coefficient (Wildman–Crippen LogP) is 2.01. The van der Waals surface area contributed by atoms with Crippen LogP contribution >= 0.6 is 0 Å². The molecule has 0 aromatic heterocycles. The molecule has 12 nitrogen and oxygen atoms in total. The topological polar surface area (TPSA) is 164 Å². The molecule has 0 radical (unpaired) electrons. The maximum absolute atomic E-state index is 13.8. The van der Waals surface area contributed by atoms with Gasteiger partial charge in [-0.05, 0) is 55.0 Å². The van der Waals surface area contributed by atoms with Gasteiger partial charge < -0.3 is 36.1 Å². The monoisotopic (exact) mass is 635 g/mol. The van der Waals surface area contributed by atoms with E-state index in [9.17, 15) is 24.0 Å². The molecule has 0 saturated heterocycles. The van der Waals surface area contributed by atoms with Gasteiger partial charge in [0.2, 0.25) is 23.6 Å². The van der Waals surface area contributed by atoms with Gasteiger partial charge >= 0.3 is 0 Å². The zero-order valence-electron chi connectivity index (χ0n) is 26.8. The molecule has 1 heterocycles. The largest absolute Gasteiger partial charge is 0.497 e. The van der Waals surface area contributed by atoms with Crippen molar-refractivity contribution >= 4 is 29.5 Å². The molecular formula is C34H45N5O7. The Kier molecular flexibility index (Phi) is 12.0. The van der Waals surface area contributed by atoms with E-state index in [0.717, 1.165) is 17.7 Å². The SMILES string of the molecule is COc1ccc(CCNC(=O)[C@@H]2CC(=O)NC3(CCCCC3)C(=O)N[C@H](C(C)C)C(=O)NCCOc3ccccc3C(=O)N2)cc1. The Morgan fingerprint density at radius 2 is 1.72 bits per heavy atom. The number of hydrogen-bond acceptors (Lipinski definition) is 7. The summed E-state index contributed by atoms with van der Waals surface area (Å²) in [6.45, 7) is 4.13. The first kappa shape index (κ1) is 34.3. The number of nitrogens with one attached hydrogen (secondary N) is 5. The fraction of sp³-hybridized carbons (Fsp3) is 0.500. The van der Waals surface area contributed by atoms with Gasteiger partial charge in [0.25, 0.3) is 5.91 Å². The van der Waals surface area contributed by atoms with Crippen molar-refractivity contribution in [3.8, 4) is 11.5 Å². The van der Waals surface area contributed by atoms with Crippen LogP contribution in [0.5, 0.6) is 11.5 Å². The molecule has 2 aromatic carbocycles. The summed E-state index contributed by atoms with van der Waals surface area (Å²) in [6.07, 6.45) is 3.25. The summed E-state index contributed by atoms with van der Waals surface area (Å²) >= 11 is 0. The first-order chi connectivity index (χ1) is 22.1. The van der Waals surface area contributed by atoms with E-state index in [0.29, 0.717) is 32.1 Å². The second-order valence-corrected chi connectivity index (χ2v) is 12.1. The number of hydrogen-bond donors (Lipinski definition) is 5. The molecule has 4 rings (SSSR count). The second-order valence-electron chi connectivity index (χ2n) is 12.1. The molecule has 0 unspecified atom stereocenters. The van der Waals surface area contributed by atoms with Crippen LogP contribution in [0.15, 0.2) is 48.5 Å². The third-order valence-electron chi connectivity index (χ3n) is 8.43. The Morgan fingerprint density at radius 1 is 1.00 bits per heavy atom. The zero-order chi connectivity index (χ0) is 33.1. The minimum Gasteiger partial charge on any atom is -0.497 e. The number of carbonyl (C=O) groups excluding carboxylic acids is 5. The van der Waals surface area contributed by atoms with Crippen LogP contribution < -0.4 is 36.1 Å². The quantitative estimate of drug-likeness (QED) is 0.324. The summed E-state index contributed by atoms with van der Waals surface area (Å²) < 4.78 is 11.0. The number of rotatable bonds is 6. The van der Waals surface area contributed by atoms with Crippen LogP contribution in [0.4, 0.5) is 0 Å². The molecule has 1 saturated carbocycles. The number of amides is 5. The summed E-state index contributed by atoms with van der Waals surface area (Å²) in [6, 6.07) is 11.9. The molecule has 12 heteroatoms. The summed E-state index contributed by atoms with van der Waals surface area (Å²) in [5.41, 5.74) is -0.0951. The minimum absolute atomic E-state index is 0.0635. The Balaban J connectivity index is 1.59. The average molecular weight is 636 g/mol. The molecule has 2 atom stereocenters. The van der Waals surface area contributed by atoms with Gasteiger partial charge in [0.05, 0.1) is 25.6 Å². The first-order valence-corrected chi connectivity index (χ1v) is 15.9. The Morgan fingerprint density at radius 3 is 2.41 bits per heavy atom. The molecule has 2 aromatic rings. The normalized spacial score (nSPS) is 21.0. The van der Waals surface area contributed by atoms with Crippen molar-refractivity contribution in [1.29, 1.82) is 0 Å². The molecule has 0 bridgehead atoms. The van der Waals surface area contributed by atoms with E-state index in [1.165, 1.54) is 0 Å². The number of ether oxygens (including phenoxy) is 2. The zero-order valence-corrected chi connectivity index (χ0v) is 26.8. The van der Waals surface area contributed by atoms with E-state index in [1.807, 2.05) is 38.1 Å². The molecule has 1 spiro atoms. The fourth-order valence-electron chi connectivity index (χ4n) is 5.80. The van der Waals surface area contributed by atoms with Crippen LogP contribution in [0, 0.1) is 5.92 Å². The Bertz CT molecular complexity index is 1390. The van der Waals surface area contributed by atoms with E-state index in [1.54, 1.807) is 31.4 Å². The highest BCUT2D eigenvalue weighted by atomic mass is 16.5. The van der Waals surface area contributed by atoms with Crippen molar-refractivity contribution in [2.45, 2.75) is 76.4 Å². The minimum atomic E-state index is -1.24. The number of carbonyl (C=O) groups is 5. The summed E-state index contributed by atoms with van der Waals surface area (Å²) in [4.78, 5) is 67.5. The lowest BCUT2D eigenvalue weighted by molar-refractivity contribution is -0.138. The Labute approximate surface area is 269 Å². The van der Waals surface area contributed by atoms with Crippen molar-refractivity contribution in [3.05, 3.63) is 59.7 Å². The highest BCUT2D eigenvalue weighted by molar-refractivity contribution is 6.01. The van der Waals surface area contributed by atoms with Gasteiger partial charge in [-0.3, -0.25) is 24.0 Å². The van der Waals surface area contributed by atoms with Crippen molar-refractivity contribution in [3.63, 3.8) is 0 Å². The van der Waals surface area contributed by atoms with Crippen molar-refractivity contribution in [1.82, 2.24) is 26.6 Å². The fourth-order valence-corrected chi connectivity index (χ4v) is 5.80. The van der Waals surface area contributed by atoms with Crippen LogP contribution in [0.1, 0.15) is 68.3 Å². The lowest BCUT2D eigenvalue weighted by Gasteiger charge is -2.38. The molecular weight excluding hydrogens is 590 g/mol. The van der Waals surface area contributed by atoms with Crippen LogP contribution in [0.3, 0.4) is 0 Å². The van der Waals surface area contributed by atoms with Crippen molar-refractivity contribution < 1.29 is 33.4 Å². The molecule has 248 valence electrons. The standard InChI is InChI=1S/C34H45N5O7/c1-22(2)29-32(43)36-19-20-46-27-10-6-5-9-25(27)30(41)37-26(31(42)35-18-15-23-11-13-24(45-3)14-12-23)21-28(40)39-34(33(44)38-29)16-7-4-8-17-34/h5-6,9-14,22,26,29H,4,7-8,15-21H2,1-3H3,(H,35,42)(H,36,43)(H,37,41)(H,38,44)(H,39,40)/t26-,29+/m0/s1. The van der Waals surface area contributed by atoms with Gasteiger partial charge in [0, 0.05) is 6.54 Å². The highest BCUT2D eigenvalue weighted by Crippen LogP contribution is 2.29. The summed E-state index contributed by atoms with van der Waals surface area (Å²) in [7, 11) is 1.59. The highest BCUT2D eigenvalue weighted by Gasteiger charge is 2.43. The van der Waals surface area contributed by atoms with Gasteiger partial charge in [-0.2, -0.15) is 0 Å². The lowest BCUT2D eigenvalue weighted by atomic mass is 9.80. The number of fused-ring (bicyclic) bond motifs is 1. The van der Waals surface area contributed by atoms with Gasteiger partial charge in [-0.15, -0.1) is 0 Å². The van der Waals surface area contributed by atoms with Crippen LogP contribution in [-0.4, -0.2) is 74.0 Å². The Hall–Kier alpha value is -4.61. The maximum atomic E-state index is 13.8. The number of methoxy groups -OCH3 is 1. The molecule has 1 aliphatic carbocycles. The third-order valence-corrected chi connectivity index (χ3v) is 8.43. The van der Waals surface area contributed by atoms with Crippen molar-refractivity contribution in [2.24, 2.45) is 5.92 Å². The second kappa shape index (κ2) is 16.1. The molecule has 2 aliphatic rings. The number of para-hydroxylation sites is 1. The summed E-state index contributed by atoms with van der Waals surface area (Å²) in [5.74, 6) is -1.75. The molecule has 1 aliphatic heterocycles.